The molecule has 3 aromatic carbocycles. The molecule has 3 aromatic rings. The van der Waals surface area contributed by atoms with Gasteiger partial charge in [-0.2, -0.15) is 0 Å². The highest BCUT2D eigenvalue weighted by molar-refractivity contribution is 7.92. The first kappa shape index (κ1) is 30.6. The summed E-state index contributed by atoms with van der Waals surface area (Å²) < 4.78 is 26.4. The molecule has 0 aromatic heterocycles. The highest BCUT2D eigenvalue weighted by Crippen LogP contribution is 2.24. The van der Waals surface area contributed by atoms with Crippen molar-refractivity contribution in [3.05, 3.63) is 105 Å². The molecule has 212 valence electrons. The predicted molar refractivity (Wildman–Crippen MR) is 155 cm³/mol. The third-order valence-corrected chi connectivity index (χ3v) is 7.37. The number of halogens is 1. The lowest BCUT2D eigenvalue weighted by Gasteiger charge is -2.34. The molecule has 0 aliphatic carbocycles. The molecule has 0 aliphatic heterocycles. The molecule has 40 heavy (non-hydrogen) atoms. The molecule has 0 bridgehead atoms. The van der Waals surface area contributed by atoms with Gasteiger partial charge in [0.1, 0.15) is 12.6 Å². The number of anilines is 1. The van der Waals surface area contributed by atoms with Gasteiger partial charge in [-0.05, 0) is 43.2 Å². The van der Waals surface area contributed by atoms with Crippen molar-refractivity contribution >= 4 is 44.8 Å². The molecule has 3 rings (SSSR count). The second-order valence-electron chi connectivity index (χ2n) is 9.56. The number of hydrogen-bond acceptors (Lipinski definition) is 6. The van der Waals surface area contributed by atoms with Crippen LogP contribution in [0.3, 0.4) is 0 Å². The van der Waals surface area contributed by atoms with Gasteiger partial charge < -0.3 is 10.2 Å². The number of nitrogens with one attached hydrogen (secondary N) is 1. The Labute approximate surface area is 238 Å². The second-order valence-corrected chi connectivity index (χ2v) is 11.9. The Kier molecular flexibility index (Phi) is 10.2. The largest absolute Gasteiger partial charge is 0.352 e. The molecule has 0 saturated heterocycles. The SMILES string of the molecule is CC(C)NC(=O)[C@H](Cc1ccccc1)N(Cc1ccc(Cl)cc1)C(=O)CN(c1cccc([N+](=O)[O-])c1)S(C)(=O)=O. The summed E-state index contributed by atoms with van der Waals surface area (Å²) in [5, 5.41) is 14.7. The molecular formula is C28H31ClN4O6S. The van der Waals surface area contributed by atoms with E-state index in [-0.39, 0.29) is 30.4 Å². The zero-order valence-electron chi connectivity index (χ0n) is 22.4. The molecule has 0 spiro atoms. The van der Waals surface area contributed by atoms with E-state index in [1.165, 1.54) is 23.1 Å². The van der Waals surface area contributed by atoms with Crippen LogP contribution in [0.25, 0.3) is 0 Å². The van der Waals surface area contributed by atoms with Crippen LogP contribution < -0.4 is 9.62 Å². The Morgan fingerprint density at radius 3 is 2.20 bits per heavy atom. The number of non-ortho nitro benzene ring substituents is 1. The van der Waals surface area contributed by atoms with E-state index in [1.54, 1.807) is 38.1 Å². The van der Waals surface area contributed by atoms with E-state index >= 15 is 0 Å². The van der Waals surface area contributed by atoms with Crippen molar-refractivity contribution in [2.24, 2.45) is 0 Å². The first-order valence-corrected chi connectivity index (χ1v) is 14.7. The summed E-state index contributed by atoms with van der Waals surface area (Å²) in [4.78, 5) is 39.5. The van der Waals surface area contributed by atoms with Crippen LogP contribution in [0.1, 0.15) is 25.0 Å². The van der Waals surface area contributed by atoms with Crippen LogP contribution in [0.5, 0.6) is 0 Å². The number of nitro benzene ring substituents is 1. The average molecular weight is 587 g/mol. The Morgan fingerprint density at radius 1 is 0.975 bits per heavy atom. The van der Waals surface area contributed by atoms with Crippen LogP contribution in [0, 0.1) is 10.1 Å². The summed E-state index contributed by atoms with van der Waals surface area (Å²) in [5.41, 5.74) is 1.12. The highest BCUT2D eigenvalue weighted by Gasteiger charge is 2.33. The van der Waals surface area contributed by atoms with E-state index in [0.717, 1.165) is 22.2 Å². The number of sulfonamides is 1. The second kappa shape index (κ2) is 13.4. The molecule has 0 aliphatic rings. The van der Waals surface area contributed by atoms with E-state index in [9.17, 15) is 28.1 Å². The van der Waals surface area contributed by atoms with Crippen LogP contribution in [0.4, 0.5) is 11.4 Å². The Hall–Kier alpha value is -3.96. The van der Waals surface area contributed by atoms with Crippen molar-refractivity contribution in [3.63, 3.8) is 0 Å². The predicted octanol–water partition coefficient (Wildman–Crippen LogP) is 4.18. The fourth-order valence-electron chi connectivity index (χ4n) is 4.10. The summed E-state index contributed by atoms with van der Waals surface area (Å²) in [6.45, 7) is 2.92. The molecule has 0 heterocycles. The molecule has 0 fully saturated rings. The molecule has 1 N–H and O–H groups in total. The standard InChI is InChI=1S/C28H31ClN4O6S/c1-20(2)30-28(35)26(16-21-8-5-4-6-9-21)31(18-22-12-14-23(29)15-13-22)27(34)19-32(40(3,38)39)24-10-7-11-25(17-24)33(36)37/h4-15,17,20,26H,16,18-19H2,1-3H3,(H,30,35)/t26-/m0/s1. The molecule has 10 nitrogen and oxygen atoms in total. The van der Waals surface area contributed by atoms with Gasteiger partial charge in [0.2, 0.25) is 21.8 Å². The number of amides is 2. The zero-order valence-corrected chi connectivity index (χ0v) is 23.9. The lowest BCUT2D eigenvalue weighted by molar-refractivity contribution is -0.384. The van der Waals surface area contributed by atoms with Gasteiger partial charge >= 0.3 is 0 Å². The summed E-state index contributed by atoms with van der Waals surface area (Å²) in [5.74, 6) is -1.06. The van der Waals surface area contributed by atoms with Gasteiger partial charge in [0, 0.05) is 36.2 Å². The van der Waals surface area contributed by atoms with Crippen LogP contribution in [-0.4, -0.2) is 54.9 Å². The van der Waals surface area contributed by atoms with Gasteiger partial charge in [-0.1, -0.05) is 60.1 Å². The molecule has 0 saturated carbocycles. The minimum atomic E-state index is -4.05. The van der Waals surface area contributed by atoms with E-state index in [4.69, 9.17) is 11.6 Å². The van der Waals surface area contributed by atoms with Crippen molar-refractivity contribution < 1.29 is 22.9 Å². The van der Waals surface area contributed by atoms with Crippen molar-refractivity contribution in [1.29, 1.82) is 0 Å². The van der Waals surface area contributed by atoms with E-state index in [0.29, 0.717) is 10.6 Å². The maximum absolute atomic E-state index is 14.0. The normalized spacial score (nSPS) is 12.0. The van der Waals surface area contributed by atoms with E-state index in [1.807, 2.05) is 30.3 Å². The van der Waals surface area contributed by atoms with Crippen molar-refractivity contribution in [2.75, 3.05) is 17.1 Å². The number of carbonyl (C=O) groups is 2. The number of nitrogens with zero attached hydrogens (tertiary/aromatic N) is 3. The lowest BCUT2D eigenvalue weighted by atomic mass is 10.0. The highest BCUT2D eigenvalue weighted by atomic mass is 35.5. The molecule has 12 heteroatoms. The maximum atomic E-state index is 14.0. The number of hydrogen-bond donors (Lipinski definition) is 1. The molecule has 0 radical (unpaired) electrons. The van der Waals surface area contributed by atoms with Gasteiger partial charge in [-0.25, -0.2) is 8.42 Å². The fourth-order valence-corrected chi connectivity index (χ4v) is 5.06. The Bertz CT molecular complexity index is 1450. The Balaban J connectivity index is 2.07. The average Bonchev–Trinajstić information content (AvgIpc) is 2.89. The number of nitro groups is 1. The van der Waals surface area contributed by atoms with Crippen LogP contribution in [0.15, 0.2) is 78.9 Å². The van der Waals surface area contributed by atoms with Crippen LogP contribution in [-0.2, 0) is 32.6 Å². The summed E-state index contributed by atoms with van der Waals surface area (Å²) >= 11 is 6.04. The van der Waals surface area contributed by atoms with Crippen LogP contribution in [0.2, 0.25) is 5.02 Å². The summed E-state index contributed by atoms with van der Waals surface area (Å²) in [7, 11) is -4.05. The van der Waals surface area contributed by atoms with Gasteiger partial charge in [0.25, 0.3) is 5.69 Å². The molecule has 0 unspecified atom stereocenters. The summed E-state index contributed by atoms with van der Waals surface area (Å²) in [6, 6.07) is 19.8. The monoisotopic (exact) mass is 586 g/mol. The fraction of sp³-hybridized carbons (Fsp3) is 0.286. The molecule has 1 atom stereocenters. The first-order chi connectivity index (χ1) is 18.8. The molecular weight excluding hydrogens is 556 g/mol. The van der Waals surface area contributed by atoms with Gasteiger partial charge in [-0.3, -0.25) is 24.0 Å². The van der Waals surface area contributed by atoms with Crippen molar-refractivity contribution in [2.45, 2.75) is 38.9 Å². The summed E-state index contributed by atoms with van der Waals surface area (Å²) in [6.07, 6.45) is 1.09. The minimum absolute atomic E-state index is 0.00838. The smallest absolute Gasteiger partial charge is 0.271 e. The number of carbonyl (C=O) groups excluding carboxylic acids is 2. The third-order valence-electron chi connectivity index (χ3n) is 5.98. The van der Waals surface area contributed by atoms with E-state index < -0.39 is 39.3 Å². The number of rotatable bonds is 12. The minimum Gasteiger partial charge on any atom is -0.352 e. The van der Waals surface area contributed by atoms with Crippen molar-refractivity contribution in [3.8, 4) is 0 Å². The lowest BCUT2D eigenvalue weighted by Crippen LogP contribution is -2.54. The first-order valence-electron chi connectivity index (χ1n) is 12.5. The van der Waals surface area contributed by atoms with E-state index in [2.05, 4.69) is 5.32 Å². The number of benzene rings is 3. The van der Waals surface area contributed by atoms with Crippen molar-refractivity contribution in [1.82, 2.24) is 10.2 Å². The van der Waals surface area contributed by atoms with Gasteiger partial charge in [-0.15, -0.1) is 0 Å². The topological polar surface area (TPSA) is 130 Å². The zero-order chi connectivity index (χ0) is 29.4. The molecule has 2 amide bonds. The van der Waals surface area contributed by atoms with Gasteiger partial charge in [0.15, 0.2) is 0 Å². The van der Waals surface area contributed by atoms with Gasteiger partial charge in [0.05, 0.1) is 16.9 Å². The maximum Gasteiger partial charge on any atom is 0.271 e. The quantitative estimate of drug-likeness (QED) is 0.250. The third kappa shape index (κ3) is 8.52. The Morgan fingerprint density at radius 2 is 1.62 bits per heavy atom. The van der Waals surface area contributed by atoms with Crippen LogP contribution >= 0.6 is 11.6 Å².